The fraction of sp³-hybridized carbons (Fsp3) is 1.00. The van der Waals surface area contributed by atoms with E-state index in [0.29, 0.717) is 24.0 Å². The Balaban J connectivity index is 1.93. The molecule has 1 saturated carbocycles. The highest BCUT2D eigenvalue weighted by Crippen LogP contribution is 2.44. The maximum absolute atomic E-state index is 10.4. The lowest BCUT2D eigenvalue weighted by atomic mass is 9.65. The van der Waals surface area contributed by atoms with Crippen molar-refractivity contribution in [3.63, 3.8) is 0 Å². The molecule has 0 spiro atoms. The molecule has 1 aliphatic carbocycles. The van der Waals surface area contributed by atoms with Gasteiger partial charge < -0.3 is 9.84 Å². The maximum Gasteiger partial charge on any atom is 0.0585 e. The first-order valence-electron chi connectivity index (χ1n) is 7.72. The Morgan fingerprint density at radius 3 is 2.39 bits per heavy atom. The number of hydrogen-bond donors (Lipinski definition) is 1. The summed E-state index contributed by atoms with van der Waals surface area (Å²) in [5.74, 6) is 1.14. The van der Waals surface area contributed by atoms with Gasteiger partial charge in [0.25, 0.3) is 0 Å². The number of ether oxygens (including phenoxy) is 1. The van der Waals surface area contributed by atoms with Crippen LogP contribution >= 0.6 is 0 Å². The number of aliphatic hydroxyl groups is 1. The van der Waals surface area contributed by atoms with E-state index in [1.54, 1.807) is 0 Å². The van der Waals surface area contributed by atoms with Crippen LogP contribution in [0.1, 0.15) is 66.2 Å². The van der Waals surface area contributed by atoms with Crippen LogP contribution in [0.4, 0.5) is 0 Å². The van der Waals surface area contributed by atoms with Crippen molar-refractivity contribution >= 4 is 0 Å². The zero-order valence-electron chi connectivity index (χ0n) is 12.5. The van der Waals surface area contributed by atoms with E-state index in [2.05, 4.69) is 27.7 Å². The van der Waals surface area contributed by atoms with Crippen LogP contribution in [0.2, 0.25) is 0 Å². The molecule has 2 heteroatoms. The molecule has 1 N–H and O–H groups in total. The van der Waals surface area contributed by atoms with Crippen LogP contribution in [-0.4, -0.2) is 23.4 Å². The first kappa shape index (κ1) is 14.3. The highest BCUT2D eigenvalue weighted by molar-refractivity contribution is 4.90. The lowest BCUT2D eigenvalue weighted by molar-refractivity contribution is -0.0434. The van der Waals surface area contributed by atoms with Crippen molar-refractivity contribution in [3.8, 4) is 0 Å². The van der Waals surface area contributed by atoms with E-state index in [1.807, 2.05) is 0 Å². The van der Waals surface area contributed by atoms with E-state index in [0.717, 1.165) is 12.8 Å². The second kappa shape index (κ2) is 5.50. The summed E-state index contributed by atoms with van der Waals surface area (Å²) in [4.78, 5) is 0. The van der Waals surface area contributed by atoms with Gasteiger partial charge in [0, 0.05) is 0 Å². The number of rotatable bonds is 3. The van der Waals surface area contributed by atoms with Crippen molar-refractivity contribution in [3.05, 3.63) is 0 Å². The zero-order valence-corrected chi connectivity index (χ0v) is 12.5. The first-order chi connectivity index (χ1) is 8.38. The molecule has 2 nitrogen and oxygen atoms in total. The van der Waals surface area contributed by atoms with Crippen molar-refractivity contribution in [1.29, 1.82) is 0 Å². The summed E-state index contributed by atoms with van der Waals surface area (Å²) >= 11 is 0. The predicted octanol–water partition coefficient (Wildman–Crippen LogP) is 3.77. The van der Waals surface area contributed by atoms with Crippen LogP contribution < -0.4 is 0 Å². The molecule has 106 valence electrons. The van der Waals surface area contributed by atoms with Crippen LogP contribution in [0.25, 0.3) is 0 Å². The normalized spacial score (nSPS) is 42.2. The average molecular weight is 254 g/mol. The highest BCUT2D eigenvalue weighted by Gasteiger charge is 2.40. The minimum Gasteiger partial charge on any atom is -0.393 e. The second-order valence-electron chi connectivity index (χ2n) is 7.43. The molecule has 5 atom stereocenters. The van der Waals surface area contributed by atoms with Crippen LogP contribution in [0.3, 0.4) is 0 Å². The molecular weight excluding hydrogens is 224 g/mol. The molecule has 18 heavy (non-hydrogen) atoms. The summed E-state index contributed by atoms with van der Waals surface area (Å²) < 4.78 is 5.96. The fourth-order valence-corrected chi connectivity index (χ4v) is 4.04. The monoisotopic (exact) mass is 254 g/mol. The smallest absolute Gasteiger partial charge is 0.0585 e. The van der Waals surface area contributed by atoms with Crippen LogP contribution in [0.15, 0.2) is 0 Å². The van der Waals surface area contributed by atoms with Crippen molar-refractivity contribution < 1.29 is 9.84 Å². The Labute approximate surface area is 112 Å². The standard InChI is InChI=1S/C16H30O2/c1-11-5-8-14(15(17)9-11)16(3,4)10-13-7-6-12(2)18-13/h11-15,17H,5-10H2,1-4H3. The van der Waals surface area contributed by atoms with E-state index >= 15 is 0 Å². The zero-order chi connectivity index (χ0) is 13.3. The Morgan fingerprint density at radius 2 is 1.83 bits per heavy atom. The Hall–Kier alpha value is -0.0800. The summed E-state index contributed by atoms with van der Waals surface area (Å²) in [6, 6.07) is 0. The molecule has 0 aromatic carbocycles. The van der Waals surface area contributed by atoms with Crippen LogP contribution in [0, 0.1) is 17.3 Å². The third kappa shape index (κ3) is 3.27. The minimum atomic E-state index is -0.109. The van der Waals surface area contributed by atoms with Gasteiger partial charge in [-0.3, -0.25) is 0 Å². The Morgan fingerprint density at radius 1 is 1.11 bits per heavy atom. The van der Waals surface area contributed by atoms with Gasteiger partial charge in [-0.15, -0.1) is 0 Å². The van der Waals surface area contributed by atoms with E-state index in [-0.39, 0.29) is 11.5 Å². The quantitative estimate of drug-likeness (QED) is 0.831. The van der Waals surface area contributed by atoms with Gasteiger partial charge in [0.2, 0.25) is 0 Å². The summed E-state index contributed by atoms with van der Waals surface area (Å²) in [5, 5.41) is 10.4. The van der Waals surface area contributed by atoms with Gasteiger partial charge >= 0.3 is 0 Å². The van der Waals surface area contributed by atoms with Gasteiger partial charge in [-0.1, -0.05) is 27.2 Å². The molecule has 0 amide bonds. The average Bonchev–Trinajstić information content (AvgIpc) is 2.62. The third-order valence-corrected chi connectivity index (χ3v) is 5.16. The largest absolute Gasteiger partial charge is 0.393 e. The molecule has 2 fully saturated rings. The highest BCUT2D eigenvalue weighted by atomic mass is 16.5. The molecule has 2 rings (SSSR count). The molecular formula is C16H30O2. The van der Waals surface area contributed by atoms with E-state index in [9.17, 15) is 5.11 Å². The van der Waals surface area contributed by atoms with Gasteiger partial charge in [0.1, 0.15) is 0 Å². The molecule has 0 aromatic heterocycles. The summed E-state index contributed by atoms with van der Waals surface area (Å²) in [6.07, 6.45) is 7.68. The van der Waals surface area contributed by atoms with Gasteiger partial charge in [-0.25, -0.2) is 0 Å². The molecule has 5 unspecified atom stereocenters. The molecule has 2 aliphatic rings. The van der Waals surface area contributed by atoms with Crippen molar-refractivity contribution in [2.75, 3.05) is 0 Å². The first-order valence-corrected chi connectivity index (χ1v) is 7.72. The van der Waals surface area contributed by atoms with Crippen molar-refractivity contribution in [2.24, 2.45) is 17.3 Å². The molecule has 0 aromatic rings. The topological polar surface area (TPSA) is 29.5 Å². The van der Waals surface area contributed by atoms with E-state index < -0.39 is 0 Å². The Kier molecular flexibility index (Phi) is 4.38. The van der Waals surface area contributed by atoms with Crippen LogP contribution in [0.5, 0.6) is 0 Å². The minimum absolute atomic E-state index is 0.109. The second-order valence-corrected chi connectivity index (χ2v) is 7.43. The predicted molar refractivity (Wildman–Crippen MR) is 74.5 cm³/mol. The number of hydrogen-bond acceptors (Lipinski definition) is 2. The lowest BCUT2D eigenvalue weighted by Gasteiger charge is -2.43. The summed E-state index contributed by atoms with van der Waals surface area (Å²) in [7, 11) is 0. The van der Waals surface area contributed by atoms with Crippen LogP contribution in [-0.2, 0) is 4.74 Å². The fourth-order valence-electron chi connectivity index (χ4n) is 4.04. The SMILES string of the molecule is CC1CCC(C(C)(C)CC2CCC(C)O2)C(O)C1. The maximum atomic E-state index is 10.4. The Bertz CT molecular complexity index is 274. The summed E-state index contributed by atoms with van der Waals surface area (Å²) in [5.41, 5.74) is 0.203. The van der Waals surface area contributed by atoms with Gasteiger partial charge in [0.05, 0.1) is 18.3 Å². The van der Waals surface area contributed by atoms with Gasteiger partial charge in [-0.05, 0) is 56.3 Å². The van der Waals surface area contributed by atoms with Crippen molar-refractivity contribution in [1.82, 2.24) is 0 Å². The van der Waals surface area contributed by atoms with Crippen molar-refractivity contribution in [2.45, 2.75) is 84.5 Å². The van der Waals surface area contributed by atoms with E-state index in [4.69, 9.17) is 4.74 Å². The van der Waals surface area contributed by atoms with Gasteiger partial charge in [0.15, 0.2) is 0 Å². The van der Waals surface area contributed by atoms with E-state index in [1.165, 1.54) is 25.7 Å². The number of aliphatic hydroxyl groups excluding tert-OH is 1. The lowest BCUT2D eigenvalue weighted by Crippen LogP contribution is -2.40. The molecule has 1 heterocycles. The van der Waals surface area contributed by atoms with Gasteiger partial charge in [-0.2, -0.15) is 0 Å². The molecule has 0 radical (unpaired) electrons. The molecule has 1 aliphatic heterocycles. The molecule has 1 saturated heterocycles. The third-order valence-electron chi connectivity index (χ3n) is 5.16. The summed E-state index contributed by atoms with van der Waals surface area (Å²) in [6.45, 7) is 9.07. The molecule has 0 bridgehead atoms.